The average Bonchev–Trinajstić information content (AvgIpc) is 2.79. The maximum atomic E-state index is 13.3. The highest BCUT2D eigenvalue weighted by molar-refractivity contribution is 5.21. The number of rotatable bonds is 6. The largest absolute Gasteiger partial charge is 0.310 e. The number of aryl methyl sites for hydroxylation is 2. The predicted molar refractivity (Wildman–Crippen MR) is 74.3 cm³/mol. The number of halogens is 2. The molecule has 0 aliphatic carbocycles. The molecule has 0 amide bonds. The summed E-state index contributed by atoms with van der Waals surface area (Å²) in [5.74, 6) is -1.08. The van der Waals surface area contributed by atoms with Crippen molar-refractivity contribution >= 4 is 0 Å². The van der Waals surface area contributed by atoms with E-state index in [-0.39, 0.29) is 6.04 Å². The molecule has 0 radical (unpaired) electrons. The van der Waals surface area contributed by atoms with Gasteiger partial charge in [-0.2, -0.15) is 5.10 Å². The molecule has 0 spiro atoms. The Kier molecular flexibility index (Phi) is 4.84. The van der Waals surface area contributed by atoms with E-state index in [1.165, 1.54) is 12.1 Å². The summed E-state index contributed by atoms with van der Waals surface area (Å²) in [6, 6.07) is 5.56. The minimum Gasteiger partial charge on any atom is -0.310 e. The van der Waals surface area contributed by atoms with Crippen molar-refractivity contribution in [2.75, 3.05) is 6.54 Å². The number of hydrogen-bond donors (Lipinski definition) is 1. The average molecular weight is 279 g/mol. The first-order valence-electron chi connectivity index (χ1n) is 6.76. The molecule has 0 aliphatic rings. The molecule has 108 valence electrons. The monoisotopic (exact) mass is 279 g/mol. The van der Waals surface area contributed by atoms with Crippen LogP contribution in [0.3, 0.4) is 0 Å². The van der Waals surface area contributed by atoms with Gasteiger partial charge in [-0.25, -0.2) is 8.78 Å². The Labute approximate surface area is 117 Å². The Hall–Kier alpha value is -1.75. The number of nitrogens with one attached hydrogen (secondary N) is 1. The first-order valence-corrected chi connectivity index (χ1v) is 6.76. The molecule has 1 atom stereocenters. The van der Waals surface area contributed by atoms with Gasteiger partial charge < -0.3 is 5.32 Å². The molecular formula is C15H19F2N3. The fourth-order valence-electron chi connectivity index (χ4n) is 2.35. The van der Waals surface area contributed by atoms with Gasteiger partial charge in [-0.1, -0.05) is 6.92 Å². The number of benzene rings is 1. The highest BCUT2D eigenvalue weighted by atomic mass is 19.1. The fraction of sp³-hybridized carbons (Fsp3) is 0.400. The van der Waals surface area contributed by atoms with Gasteiger partial charge in [0.25, 0.3) is 0 Å². The third kappa shape index (κ3) is 3.63. The van der Waals surface area contributed by atoms with Gasteiger partial charge in [0.1, 0.15) is 11.6 Å². The Morgan fingerprint density at radius 1 is 1.25 bits per heavy atom. The Morgan fingerprint density at radius 2 is 1.95 bits per heavy atom. The van der Waals surface area contributed by atoms with Gasteiger partial charge in [0, 0.05) is 31.0 Å². The topological polar surface area (TPSA) is 29.9 Å². The summed E-state index contributed by atoms with van der Waals surface area (Å²) in [6.07, 6.45) is 3.31. The van der Waals surface area contributed by atoms with Crippen LogP contribution >= 0.6 is 0 Å². The van der Waals surface area contributed by atoms with Gasteiger partial charge in [0.2, 0.25) is 0 Å². The number of hydrogen-bond acceptors (Lipinski definition) is 2. The van der Waals surface area contributed by atoms with E-state index in [4.69, 9.17) is 0 Å². The lowest BCUT2D eigenvalue weighted by atomic mass is 10.0. The predicted octanol–water partition coefficient (Wildman–Crippen LogP) is 2.98. The second-order valence-electron chi connectivity index (χ2n) is 4.80. The molecule has 1 heterocycles. The van der Waals surface area contributed by atoms with E-state index in [1.807, 2.05) is 24.7 Å². The Bertz CT molecular complexity index is 546. The van der Waals surface area contributed by atoms with Crippen LogP contribution in [0.1, 0.15) is 30.6 Å². The second kappa shape index (κ2) is 6.61. The minimum atomic E-state index is -0.538. The van der Waals surface area contributed by atoms with E-state index in [0.717, 1.165) is 31.1 Å². The molecule has 20 heavy (non-hydrogen) atoms. The van der Waals surface area contributed by atoms with Crippen molar-refractivity contribution in [2.24, 2.45) is 7.05 Å². The number of nitrogens with zero attached hydrogens (tertiary/aromatic N) is 2. The lowest BCUT2D eigenvalue weighted by Crippen LogP contribution is -2.22. The van der Waals surface area contributed by atoms with E-state index in [1.54, 1.807) is 6.20 Å². The van der Waals surface area contributed by atoms with Crippen molar-refractivity contribution in [1.29, 1.82) is 0 Å². The van der Waals surface area contributed by atoms with Crippen LogP contribution in [0.15, 0.2) is 30.5 Å². The lowest BCUT2D eigenvalue weighted by molar-refractivity contribution is 0.495. The highest BCUT2D eigenvalue weighted by Crippen LogP contribution is 2.21. The summed E-state index contributed by atoms with van der Waals surface area (Å²) in [4.78, 5) is 0. The van der Waals surface area contributed by atoms with Gasteiger partial charge >= 0.3 is 0 Å². The summed E-state index contributed by atoms with van der Waals surface area (Å²) in [7, 11) is 1.89. The second-order valence-corrected chi connectivity index (χ2v) is 4.80. The summed E-state index contributed by atoms with van der Waals surface area (Å²) in [5, 5.41) is 7.39. The standard InChI is InChI=1S/C15H19F2N3/c1-3-18-15(5-4-14-6-7-19-20(14)2)11-8-12(16)10-13(17)9-11/h6-10,15,18H,3-5H2,1-2H3. The van der Waals surface area contributed by atoms with E-state index in [0.29, 0.717) is 5.56 Å². The first-order chi connectivity index (χ1) is 9.60. The maximum absolute atomic E-state index is 13.3. The van der Waals surface area contributed by atoms with Gasteiger partial charge in [-0.3, -0.25) is 4.68 Å². The van der Waals surface area contributed by atoms with Crippen LogP contribution in [0.5, 0.6) is 0 Å². The van der Waals surface area contributed by atoms with E-state index in [9.17, 15) is 8.78 Å². The van der Waals surface area contributed by atoms with E-state index < -0.39 is 11.6 Å². The van der Waals surface area contributed by atoms with Gasteiger partial charge in [0.15, 0.2) is 0 Å². The minimum absolute atomic E-state index is 0.0694. The SMILES string of the molecule is CCNC(CCc1ccnn1C)c1cc(F)cc(F)c1. The molecule has 0 aliphatic heterocycles. The van der Waals surface area contributed by atoms with Crippen molar-refractivity contribution in [1.82, 2.24) is 15.1 Å². The molecule has 0 fully saturated rings. The van der Waals surface area contributed by atoms with Crippen LogP contribution in [0, 0.1) is 11.6 Å². The van der Waals surface area contributed by atoms with Crippen LogP contribution in [0.25, 0.3) is 0 Å². The third-order valence-electron chi connectivity index (χ3n) is 3.35. The van der Waals surface area contributed by atoms with Crippen LogP contribution in [-0.2, 0) is 13.5 Å². The lowest BCUT2D eigenvalue weighted by Gasteiger charge is -2.18. The van der Waals surface area contributed by atoms with Crippen molar-refractivity contribution in [3.63, 3.8) is 0 Å². The molecule has 1 aromatic heterocycles. The van der Waals surface area contributed by atoms with Crippen molar-refractivity contribution in [3.8, 4) is 0 Å². The van der Waals surface area contributed by atoms with Crippen LogP contribution in [-0.4, -0.2) is 16.3 Å². The molecule has 1 aromatic carbocycles. The van der Waals surface area contributed by atoms with E-state index in [2.05, 4.69) is 10.4 Å². The van der Waals surface area contributed by atoms with Crippen molar-refractivity contribution in [3.05, 3.63) is 53.4 Å². The molecular weight excluding hydrogens is 260 g/mol. The zero-order valence-corrected chi connectivity index (χ0v) is 11.7. The quantitative estimate of drug-likeness (QED) is 0.881. The molecule has 1 N–H and O–H groups in total. The first kappa shape index (κ1) is 14.7. The van der Waals surface area contributed by atoms with E-state index >= 15 is 0 Å². The van der Waals surface area contributed by atoms with Crippen molar-refractivity contribution in [2.45, 2.75) is 25.8 Å². The summed E-state index contributed by atoms with van der Waals surface area (Å²) < 4.78 is 28.5. The molecule has 1 unspecified atom stereocenters. The number of aromatic nitrogens is 2. The Balaban J connectivity index is 2.12. The highest BCUT2D eigenvalue weighted by Gasteiger charge is 2.13. The molecule has 0 saturated heterocycles. The summed E-state index contributed by atoms with van der Waals surface area (Å²) in [6.45, 7) is 2.72. The Morgan fingerprint density at radius 3 is 2.50 bits per heavy atom. The van der Waals surface area contributed by atoms with Gasteiger partial charge in [-0.05, 0) is 43.1 Å². The smallest absolute Gasteiger partial charge is 0.126 e. The van der Waals surface area contributed by atoms with Crippen molar-refractivity contribution < 1.29 is 8.78 Å². The maximum Gasteiger partial charge on any atom is 0.126 e. The third-order valence-corrected chi connectivity index (χ3v) is 3.35. The van der Waals surface area contributed by atoms with Gasteiger partial charge in [-0.15, -0.1) is 0 Å². The van der Waals surface area contributed by atoms with Crippen LogP contribution in [0.4, 0.5) is 8.78 Å². The fourth-order valence-corrected chi connectivity index (χ4v) is 2.35. The molecule has 0 bridgehead atoms. The van der Waals surface area contributed by atoms with Crippen LogP contribution < -0.4 is 5.32 Å². The molecule has 3 nitrogen and oxygen atoms in total. The van der Waals surface area contributed by atoms with Gasteiger partial charge in [0.05, 0.1) is 0 Å². The molecule has 2 aromatic rings. The molecule has 5 heteroatoms. The summed E-state index contributed by atoms with van der Waals surface area (Å²) in [5.41, 5.74) is 1.75. The molecule has 0 saturated carbocycles. The summed E-state index contributed by atoms with van der Waals surface area (Å²) >= 11 is 0. The zero-order valence-electron chi connectivity index (χ0n) is 11.7. The molecule has 2 rings (SSSR count). The normalized spacial score (nSPS) is 12.6. The zero-order chi connectivity index (χ0) is 14.5. The van der Waals surface area contributed by atoms with Crippen LogP contribution in [0.2, 0.25) is 0 Å².